The number of benzene rings is 2. The first-order valence-corrected chi connectivity index (χ1v) is 7.56. The Bertz CT molecular complexity index is 799. The maximum Gasteiger partial charge on any atom is 0.371 e. The highest BCUT2D eigenvalue weighted by molar-refractivity contribution is 5.95. The minimum absolute atomic E-state index is 0.263. The van der Waals surface area contributed by atoms with Gasteiger partial charge >= 0.3 is 5.97 Å². The lowest BCUT2D eigenvalue weighted by atomic mass is 10.0. The molecule has 0 aliphatic carbocycles. The van der Waals surface area contributed by atoms with E-state index in [1.54, 1.807) is 12.1 Å². The smallest absolute Gasteiger partial charge is 0.371 e. The van der Waals surface area contributed by atoms with E-state index >= 15 is 0 Å². The molecule has 130 valence electrons. The number of carboxylic acid groups (broad SMARTS) is 1. The van der Waals surface area contributed by atoms with Crippen LogP contribution < -0.4 is 0 Å². The molecule has 1 amide bonds. The van der Waals surface area contributed by atoms with Crippen molar-refractivity contribution in [3.05, 3.63) is 82.9 Å². The molecule has 0 radical (unpaired) electrons. The molecule has 0 aromatic heterocycles. The van der Waals surface area contributed by atoms with Gasteiger partial charge in [-0.2, -0.15) is 0 Å². The third-order valence-corrected chi connectivity index (χ3v) is 3.59. The molecule has 0 bridgehead atoms. The van der Waals surface area contributed by atoms with Gasteiger partial charge in [0.2, 0.25) is 5.76 Å². The molecule has 0 saturated carbocycles. The van der Waals surface area contributed by atoms with E-state index in [1.807, 2.05) is 24.3 Å². The van der Waals surface area contributed by atoms with Gasteiger partial charge in [-0.05, 0) is 35.2 Å². The number of aliphatic carboxylic acids is 1. The van der Waals surface area contributed by atoms with Crippen molar-refractivity contribution in [3.63, 3.8) is 0 Å². The van der Waals surface area contributed by atoms with Crippen molar-refractivity contribution in [3.8, 4) is 0 Å². The molecule has 0 aliphatic heterocycles. The molecule has 2 aromatic rings. The second kappa shape index (κ2) is 8.10. The lowest BCUT2D eigenvalue weighted by Gasteiger charge is -2.16. The number of carbonyl (C=O) groups is 2. The second-order valence-electron chi connectivity index (χ2n) is 5.65. The van der Waals surface area contributed by atoms with Crippen LogP contribution in [0.4, 0.5) is 4.39 Å². The fourth-order valence-corrected chi connectivity index (χ4v) is 2.32. The molecular formula is C19H18FNO4. The normalized spacial score (nSPS) is 11.2. The maximum atomic E-state index is 13.0. The van der Waals surface area contributed by atoms with Crippen LogP contribution in [0.1, 0.15) is 16.7 Å². The third-order valence-electron chi connectivity index (χ3n) is 3.59. The Hall–Kier alpha value is -3.15. The molecule has 6 heteroatoms. The zero-order chi connectivity index (χ0) is 18.4. The summed E-state index contributed by atoms with van der Waals surface area (Å²) in [7, 11) is 1.51. The van der Waals surface area contributed by atoms with Gasteiger partial charge in [-0.15, -0.1) is 0 Å². The first-order valence-electron chi connectivity index (χ1n) is 7.56. The minimum atomic E-state index is -1.55. The SMILES string of the molecule is CN(Cc1cccc(Cc2ccc(F)cc2)c1)C(=O)C=C(O)C(=O)O. The molecule has 0 spiro atoms. The van der Waals surface area contributed by atoms with E-state index < -0.39 is 17.6 Å². The zero-order valence-corrected chi connectivity index (χ0v) is 13.6. The number of likely N-dealkylation sites (N-methyl/N-ethyl adjacent to an activating group) is 1. The monoisotopic (exact) mass is 343 g/mol. The van der Waals surface area contributed by atoms with Crippen LogP contribution >= 0.6 is 0 Å². The Morgan fingerprint density at radius 1 is 1.04 bits per heavy atom. The van der Waals surface area contributed by atoms with Crippen LogP contribution in [0, 0.1) is 5.82 Å². The van der Waals surface area contributed by atoms with Crippen LogP contribution in [0.5, 0.6) is 0 Å². The van der Waals surface area contributed by atoms with Gasteiger partial charge in [0.1, 0.15) is 5.82 Å². The summed E-state index contributed by atoms with van der Waals surface area (Å²) in [5, 5.41) is 17.7. The van der Waals surface area contributed by atoms with Gasteiger partial charge in [0, 0.05) is 13.6 Å². The van der Waals surface area contributed by atoms with Crippen LogP contribution in [-0.4, -0.2) is 34.0 Å². The van der Waals surface area contributed by atoms with Crippen molar-refractivity contribution >= 4 is 11.9 Å². The number of rotatable bonds is 6. The Morgan fingerprint density at radius 3 is 2.32 bits per heavy atom. The predicted octanol–water partition coefficient (Wildman–Crippen LogP) is 2.90. The molecule has 2 aromatic carbocycles. The van der Waals surface area contributed by atoms with E-state index in [0.29, 0.717) is 12.5 Å². The molecular weight excluding hydrogens is 325 g/mol. The lowest BCUT2D eigenvalue weighted by Crippen LogP contribution is -2.25. The predicted molar refractivity (Wildman–Crippen MR) is 90.5 cm³/mol. The van der Waals surface area contributed by atoms with Gasteiger partial charge in [0.25, 0.3) is 5.91 Å². The largest absolute Gasteiger partial charge is 0.502 e. The molecule has 2 rings (SSSR count). The highest BCUT2D eigenvalue weighted by atomic mass is 19.1. The molecule has 0 unspecified atom stereocenters. The van der Waals surface area contributed by atoms with Crippen molar-refractivity contribution in [2.24, 2.45) is 0 Å². The number of halogens is 1. The Balaban J connectivity index is 2.05. The number of hydrogen-bond acceptors (Lipinski definition) is 3. The average molecular weight is 343 g/mol. The van der Waals surface area contributed by atoms with Crippen LogP contribution in [0.25, 0.3) is 0 Å². The van der Waals surface area contributed by atoms with E-state index in [1.165, 1.54) is 24.1 Å². The van der Waals surface area contributed by atoms with E-state index in [9.17, 15) is 14.0 Å². The van der Waals surface area contributed by atoms with E-state index in [-0.39, 0.29) is 12.4 Å². The molecule has 5 nitrogen and oxygen atoms in total. The summed E-state index contributed by atoms with van der Waals surface area (Å²) >= 11 is 0. The molecule has 25 heavy (non-hydrogen) atoms. The van der Waals surface area contributed by atoms with Crippen molar-refractivity contribution in [2.45, 2.75) is 13.0 Å². The summed E-state index contributed by atoms with van der Waals surface area (Å²) in [5.74, 6) is -3.44. The number of nitrogens with zero attached hydrogens (tertiary/aromatic N) is 1. The van der Waals surface area contributed by atoms with Crippen molar-refractivity contribution < 1.29 is 24.2 Å². The molecule has 0 atom stereocenters. The Morgan fingerprint density at radius 2 is 1.68 bits per heavy atom. The number of carboxylic acids is 1. The average Bonchev–Trinajstić information content (AvgIpc) is 2.57. The number of hydrogen-bond donors (Lipinski definition) is 2. The van der Waals surface area contributed by atoms with E-state index in [4.69, 9.17) is 10.2 Å². The summed E-state index contributed by atoms with van der Waals surface area (Å²) in [5.41, 5.74) is 2.84. The Kier molecular flexibility index (Phi) is 5.89. The van der Waals surface area contributed by atoms with Crippen molar-refractivity contribution in [2.75, 3.05) is 7.05 Å². The van der Waals surface area contributed by atoms with Gasteiger partial charge in [-0.1, -0.05) is 36.4 Å². The minimum Gasteiger partial charge on any atom is -0.502 e. The summed E-state index contributed by atoms with van der Waals surface area (Å²) < 4.78 is 13.0. The van der Waals surface area contributed by atoms with E-state index in [0.717, 1.165) is 16.7 Å². The number of aliphatic hydroxyl groups excluding tert-OH is 1. The number of carbonyl (C=O) groups excluding carboxylic acids is 1. The molecule has 0 saturated heterocycles. The number of amides is 1. The first kappa shape index (κ1) is 18.2. The van der Waals surface area contributed by atoms with Crippen LogP contribution in [0.2, 0.25) is 0 Å². The fourth-order valence-electron chi connectivity index (χ4n) is 2.32. The van der Waals surface area contributed by atoms with Gasteiger partial charge in [0.05, 0.1) is 6.08 Å². The summed E-state index contributed by atoms with van der Waals surface area (Å²) in [4.78, 5) is 23.7. The molecule has 0 fully saturated rings. The van der Waals surface area contributed by atoms with Crippen molar-refractivity contribution in [1.29, 1.82) is 0 Å². The van der Waals surface area contributed by atoms with Gasteiger partial charge in [-0.25, -0.2) is 9.18 Å². The lowest BCUT2D eigenvalue weighted by molar-refractivity contribution is -0.136. The fraction of sp³-hybridized carbons (Fsp3) is 0.158. The third kappa shape index (κ3) is 5.46. The van der Waals surface area contributed by atoms with E-state index in [2.05, 4.69) is 0 Å². The Labute approximate surface area is 144 Å². The summed E-state index contributed by atoms with van der Waals surface area (Å²) in [6.07, 6.45) is 1.30. The van der Waals surface area contributed by atoms with Crippen molar-refractivity contribution in [1.82, 2.24) is 4.90 Å². The van der Waals surface area contributed by atoms with Gasteiger partial charge in [-0.3, -0.25) is 4.79 Å². The molecule has 0 heterocycles. The first-order chi connectivity index (χ1) is 11.8. The van der Waals surface area contributed by atoms with Crippen LogP contribution in [-0.2, 0) is 22.6 Å². The number of aliphatic hydroxyl groups is 1. The maximum absolute atomic E-state index is 13.0. The highest BCUT2D eigenvalue weighted by Crippen LogP contribution is 2.13. The summed E-state index contributed by atoms with van der Waals surface area (Å²) in [6.45, 7) is 0.263. The summed E-state index contributed by atoms with van der Waals surface area (Å²) in [6, 6.07) is 13.8. The topological polar surface area (TPSA) is 77.8 Å². The van der Waals surface area contributed by atoms with Crippen LogP contribution in [0.3, 0.4) is 0 Å². The molecule has 2 N–H and O–H groups in total. The zero-order valence-electron chi connectivity index (χ0n) is 13.6. The quantitative estimate of drug-likeness (QED) is 0.624. The molecule has 0 aliphatic rings. The van der Waals surface area contributed by atoms with Gasteiger partial charge in [0.15, 0.2) is 0 Å². The second-order valence-corrected chi connectivity index (χ2v) is 5.65. The van der Waals surface area contributed by atoms with Gasteiger partial charge < -0.3 is 15.1 Å². The van der Waals surface area contributed by atoms with Crippen LogP contribution in [0.15, 0.2) is 60.4 Å². The standard InChI is InChI=1S/C19H18FNO4/c1-21(18(23)11-17(22)19(24)25)12-15-4-2-3-14(10-15)9-13-5-7-16(20)8-6-13/h2-8,10-11,22H,9,12H2,1H3,(H,24,25). The highest BCUT2D eigenvalue weighted by Gasteiger charge is 2.12.